The van der Waals surface area contributed by atoms with Crippen LogP contribution in [0.5, 0.6) is 0 Å². The van der Waals surface area contributed by atoms with Gasteiger partial charge in [-0.05, 0) is 24.1 Å². The Morgan fingerprint density at radius 2 is 1.85 bits per heavy atom. The van der Waals surface area contributed by atoms with E-state index >= 15 is 0 Å². The van der Waals surface area contributed by atoms with Crippen molar-refractivity contribution in [2.45, 2.75) is 19.4 Å². The standard InChI is InChI=1S/C19H21N3O4/c1-20-18(25)16-10-9-15(12-21-16)19(26)22(11-5-8-17(23)24)13-14-6-3-2-4-7-14/h2-4,6-7,9-10,12H,5,8,11,13H2,1H3,(H,20,25)(H,23,24). The minimum Gasteiger partial charge on any atom is -0.481 e. The highest BCUT2D eigenvalue weighted by Crippen LogP contribution is 2.12. The lowest BCUT2D eigenvalue weighted by Crippen LogP contribution is -2.32. The highest BCUT2D eigenvalue weighted by Gasteiger charge is 2.17. The molecule has 2 N–H and O–H groups in total. The molecular formula is C19H21N3O4. The Morgan fingerprint density at radius 1 is 1.12 bits per heavy atom. The number of nitrogens with zero attached hydrogens (tertiary/aromatic N) is 2. The van der Waals surface area contributed by atoms with Crippen molar-refractivity contribution in [3.8, 4) is 0 Å². The number of amides is 2. The number of aliphatic carboxylic acids is 1. The van der Waals surface area contributed by atoms with E-state index in [1.165, 1.54) is 19.3 Å². The van der Waals surface area contributed by atoms with Crippen LogP contribution >= 0.6 is 0 Å². The maximum absolute atomic E-state index is 12.8. The molecule has 2 aromatic rings. The van der Waals surface area contributed by atoms with Gasteiger partial charge in [0, 0.05) is 32.8 Å². The molecule has 0 bridgehead atoms. The van der Waals surface area contributed by atoms with Gasteiger partial charge >= 0.3 is 5.97 Å². The van der Waals surface area contributed by atoms with Crippen LogP contribution in [0.4, 0.5) is 0 Å². The van der Waals surface area contributed by atoms with Crippen molar-refractivity contribution in [2.75, 3.05) is 13.6 Å². The number of benzene rings is 1. The third-order valence-electron chi connectivity index (χ3n) is 3.79. The number of hydrogen-bond donors (Lipinski definition) is 2. The fourth-order valence-corrected chi connectivity index (χ4v) is 2.44. The van der Waals surface area contributed by atoms with E-state index in [-0.39, 0.29) is 23.9 Å². The molecule has 0 radical (unpaired) electrons. The normalized spacial score (nSPS) is 10.2. The van der Waals surface area contributed by atoms with Crippen molar-refractivity contribution in [3.05, 3.63) is 65.5 Å². The van der Waals surface area contributed by atoms with Gasteiger partial charge in [-0.25, -0.2) is 0 Å². The molecule has 0 fully saturated rings. The third kappa shape index (κ3) is 5.41. The molecule has 1 aromatic carbocycles. The largest absolute Gasteiger partial charge is 0.481 e. The number of carbonyl (C=O) groups excluding carboxylic acids is 2. The van der Waals surface area contributed by atoms with Gasteiger partial charge in [-0.2, -0.15) is 0 Å². The zero-order valence-electron chi connectivity index (χ0n) is 14.5. The van der Waals surface area contributed by atoms with E-state index in [2.05, 4.69) is 10.3 Å². The Labute approximate surface area is 151 Å². The van der Waals surface area contributed by atoms with Crippen molar-refractivity contribution in [2.24, 2.45) is 0 Å². The quantitative estimate of drug-likeness (QED) is 0.754. The van der Waals surface area contributed by atoms with Crippen LogP contribution in [0.25, 0.3) is 0 Å². The molecule has 0 aliphatic rings. The van der Waals surface area contributed by atoms with E-state index in [1.807, 2.05) is 30.3 Å². The number of nitrogens with one attached hydrogen (secondary N) is 1. The molecule has 0 aliphatic carbocycles. The Morgan fingerprint density at radius 3 is 2.42 bits per heavy atom. The lowest BCUT2D eigenvalue weighted by Gasteiger charge is -2.22. The van der Waals surface area contributed by atoms with E-state index in [9.17, 15) is 14.4 Å². The topological polar surface area (TPSA) is 99.6 Å². The van der Waals surface area contributed by atoms with Crippen LogP contribution in [-0.2, 0) is 11.3 Å². The molecule has 0 saturated carbocycles. The van der Waals surface area contributed by atoms with Crippen molar-refractivity contribution in [1.82, 2.24) is 15.2 Å². The molecule has 7 nitrogen and oxygen atoms in total. The van der Waals surface area contributed by atoms with Gasteiger partial charge in [0.1, 0.15) is 5.69 Å². The van der Waals surface area contributed by atoms with E-state index in [4.69, 9.17) is 5.11 Å². The molecule has 2 rings (SSSR count). The maximum Gasteiger partial charge on any atom is 0.303 e. The summed E-state index contributed by atoms with van der Waals surface area (Å²) in [6.45, 7) is 0.688. The molecule has 26 heavy (non-hydrogen) atoms. The SMILES string of the molecule is CNC(=O)c1ccc(C(=O)N(CCCC(=O)O)Cc2ccccc2)cn1. The summed E-state index contributed by atoms with van der Waals surface area (Å²) >= 11 is 0. The van der Waals surface area contributed by atoms with Gasteiger partial charge in [-0.15, -0.1) is 0 Å². The molecule has 0 unspecified atom stereocenters. The number of rotatable bonds is 8. The lowest BCUT2D eigenvalue weighted by atomic mass is 10.1. The Kier molecular flexibility index (Phi) is 6.84. The molecular weight excluding hydrogens is 334 g/mol. The molecule has 136 valence electrons. The van der Waals surface area contributed by atoms with E-state index in [0.29, 0.717) is 25.1 Å². The second-order valence-corrected chi connectivity index (χ2v) is 5.72. The van der Waals surface area contributed by atoms with E-state index in [1.54, 1.807) is 11.0 Å². The predicted octanol–water partition coefficient (Wildman–Crippen LogP) is 1.95. The first-order valence-corrected chi connectivity index (χ1v) is 8.24. The molecule has 2 amide bonds. The summed E-state index contributed by atoms with van der Waals surface area (Å²) in [7, 11) is 1.51. The summed E-state index contributed by atoms with van der Waals surface area (Å²) in [6, 6.07) is 12.5. The number of pyridine rings is 1. The Hall–Kier alpha value is -3.22. The summed E-state index contributed by atoms with van der Waals surface area (Å²) in [5.74, 6) is -1.48. The third-order valence-corrected chi connectivity index (χ3v) is 3.79. The number of carboxylic acids is 1. The number of carboxylic acid groups (broad SMARTS) is 1. The van der Waals surface area contributed by atoms with Crippen molar-refractivity contribution in [3.63, 3.8) is 0 Å². The summed E-state index contributed by atoms with van der Waals surface area (Å²) in [5, 5.41) is 11.3. The fourth-order valence-electron chi connectivity index (χ4n) is 2.44. The molecule has 0 aliphatic heterocycles. The minimum absolute atomic E-state index is 0.00751. The average Bonchev–Trinajstić information content (AvgIpc) is 2.66. The highest BCUT2D eigenvalue weighted by atomic mass is 16.4. The monoisotopic (exact) mass is 355 g/mol. The van der Waals surface area contributed by atoms with Gasteiger partial charge in [0.05, 0.1) is 5.56 Å². The maximum atomic E-state index is 12.8. The zero-order chi connectivity index (χ0) is 18.9. The number of carbonyl (C=O) groups is 3. The van der Waals surface area contributed by atoms with Crippen LogP contribution in [0.15, 0.2) is 48.7 Å². The molecule has 0 atom stereocenters. The van der Waals surface area contributed by atoms with Gasteiger partial charge in [0.15, 0.2) is 0 Å². The van der Waals surface area contributed by atoms with Crippen molar-refractivity contribution >= 4 is 17.8 Å². The van der Waals surface area contributed by atoms with Gasteiger partial charge in [-0.1, -0.05) is 30.3 Å². The van der Waals surface area contributed by atoms with Gasteiger partial charge < -0.3 is 15.3 Å². The van der Waals surface area contributed by atoms with Crippen LogP contribution in [-0.4, -0.2) is 46.4 Å². The Balaban J connectivity index is 2.15. The number of aromatic nitrogens is 1. The lowest BCUT2D eigenvalue weighted by molar-refractivity contribution is -0.137. The predicted molar refractivity (Wildman–Crippen MR) is 95.7 cm³/mol. The van der Waals surface area contributed by atoms with E-state index < -0.39 is 5.97 Å². The van der Waals surface area contributed by atoms with Gasteiger partial charge in [0.2, 0.25) is 0 Å². The molecule has 0 spiro atoms. The fraction of sp³-hybridized carbons (Fsp3) is 0.263. The molecule has 0 saturated heterocycles. The summed E-state index contributed by atoms with van der Waals surface area (Å²) in [6.07, 6.45) is 1.71. The second-order valence-electron chi connectivity index (χ2n) is 5.72. The van der Waals surface area contributed by atoms with Gasteiger partial charge in [-0.3, -0.25) is 19.4 Å². The summed E-state index contributed by atoms with van der Waals surface area (Å²) < 4.78 is 0. The number of hydrogen-bond acceptors (Lipinski definition) is 4. The van der Waals surface area contributed by atoms with Gasteiger partial charge in [0.25, 0.3) is 11.8 Å². The highest BCUT2D eigenvalue weighted by molar-refractivity contribution is 5.96. The average molecular weight is 355 g/mol. The van der Waals surface area contributed by atoms with Crippen molar-refractivity contribution < 1.29 is 19.5 Å². The summed E-state index contributed by atoms with van der Waals surface area (Å²) in [4.78, 5) is 40.7. The van der Waals surface area contributed by atoms with Crippen LogP contribution in [0, 0.1) is 0 Å². The van der Waals surface area contributed by atoms with E-state index in [0.717, 1.165) is 5.56 Å². The molecule has 1 heterocycles. The first kappa shape index (κ1) is 19.1. The molecule has 7 heteroatoms. The van der Waals surface area contributed by atoms with Crippen LogP contribution < -0.4 is 5.32 Å². The van der Waals surface area contributed by atoms with Crippen LogP contribution in [0.3, 0.4) is 0 Å². The smallest absolute Gasteiger partial charge is 0.303 e. The second kappa shape index (κ2) is 9.31. The van der Waals surface area contributed by atoms with Crippen LogP contribution in [0.1, 0.15) is 39.3 Å². The Bertz CT molecular complexity index is 760. The van der Waals surface area contributed by atoms with Crippen molar-refractivity contribution in [1.29, 1.82) is 0 Å². The first-order valence-electron chi connectivity index (χ1n) is 8.24. The first-order chi connectivity index (χ1) is 12.5. The van der Waals surface area contributed by atoms with Crippen LogP contribution in [0.2, 0.25) is 0 Å². The summed E-state index contributed by atoms with van der Waals surface area (Å²) in [5.41, 5.74) is 1.53. The zero-order valence-corrected chi connectivity index (χ0v) is 14.5. The minimum atomic E-state index is -0.895. The molecule has 1 aromatic heterocycles.